The molecule has 96 valence electrons. The van der Waals surface area contributed by atoms with Crippen molar-refractivity contribution in [3.63, 3.8) is 0 Å². The normalized spacial score (nSPS) is 9.16. The summed E-state index contributed by atoms with van der Waals surface area (Å²) in [6.07, 6.45) is 0. The molecule has 0 atom stereocenters. The quantitative estimate of drug-likeness (QED) is 0.197. The Morgan fingerprint density at radius 3 is 0.474 bits per heavy atom. The summed E-state index contributed by atoms with van der Waals surface area (Å²) < 4.78 is 102. The van der Waals surface area contributed by atoms with Crippen molar-refractivity contribution in [1.82, 2.24) is 0 Å². The molecule has 12 nitrogen and oxygen atoms in total. The second kappa shape index (κ2) is 21.0. The van der Waals surface area contributed by atoms with Crippen LogP contribution in [-0.4, -0.2) is 113 Å². The summed E-state index contributed by atoms with van der Waals surface area (Å²) in [6.45, 7) is 0. The van der Waals surface area contributed by atoms with Gasteiger partial charge in [-0.1, -0.05) is 0 Å². The zero-order chi connectivity index (χ0) is 13.5. The van der Waals surface area contributed by atoms with Gasteiger partial charge in [-0.2, -0.15) is 0 Å². The van der Waals surface area contributed by atoms with Gasteiger partial charge in [0.05, 0.1) is 0 Å². The van der Waals surface area contributed by atoms with E-state index < -0.39 is 31.2 Å². The smallest absolute Gasteiger partial charge is 0.759 e. The maximum Gasteiger partial charge on any atom is 2.00 e. The van der Waals surface area contributed by atoms with Crippen LogP contribution in [0.25, 0.3) is 0 Å². The molecule has 0 N–H and O–H groups in total. The molecular formula is CaK2MgO12S3. The van der Waals surface area contributed by atoms with Crippen LogP contribution in [0.15, 0.2) is 0 Å². The van der Waals surface area contributed by atoms with E-state index in [1.54, 1.807) is 0 Å². The van der Waals surface area contributed by atoms with Gasteiger partial charge in [0.15, 0.2) is 0 Å². The molecule has 0 aromatic carbocycles. The van der Waals surface area contributed by atoms with Crippen LogP contribution in [-0.2, 0) is 31.2 Å². The average Bonchev–Trinajstić information content (AvgIpc) is 1.41. The van der Waals surface area contributed by atoms with Gasteiger partial charge in [-0.3, -0.25) is 25.3 Å². The predicted molar refractivity (Wildman–Crippen MR) is 42.9 cm³/mol. The summed E-state index contributed by atoms with van der Waals surface area (Å²) >= 11 is 0. The van der Waals surface area contributed by atoms with Crippen molar-refractivity contribution in [2.24, 2.45) is 0 Å². The third kappa shape index (κ3) is 416. The average molecular weight is 431 g/mol. The molecule has 0 aliphatic heterocycles. The third-order valence-electron chi connectivity index (χ3n) is 0. The molecule has 0 bridgehead atoms. The Bertz CT molecular complexity index is 352. The van der Waals surface area contributed by atoms with Crippen molar-refractivity contribution in [3.8, 4) is 0 Å². The second-order valence-electron chi connectivity index (χ2n) is 1.22. The van der Waals surface area contributed by atoms with Crippen molar-refractivity contribution in [2.45, 2.75) is 0 Å². The Balaban J connectivity index is -0.0000000206. The number of hydrogen-bond donors (Lipinski definition) is 0. The Labute approximate surface area is 241 Å². The van der Waals surface area contributed by atoms with Gasteiger partial charge in [0.2, 0.25) is 0 Å². The minimum atomic E-state index is -5.17. The maximum absolute atomic E-state index is 8.52. The Morgan fingerprint density at radius 2 is 0.474 bits per heavy atom. The van der Waals surface area contributed by atoms with Crippen molar-refractivity contribution in [1.29, 1.82) is 0 Å². The van der Waals surface area contributed by atoms with E-state index in [-0.39, 0.29) is 164 Å². The second-order valence-corrected chi connectivity index (χ2v) is 3.67. The van der Waals surface area contributed by atoms with E-state index in [0.717, 1.165) is 0 Å². The molecule has 0 heterocycles. The van der Waals surface area contributed by atoms with E-state index in [1.165, 1.54) is 0 Å². The Kier molecular flexibility index (Phi) is 48.4. The van der Waals surface area contributed by atoms with Crippen LogP contribution in [0.2, 0.25) is 0 Å². The van der Waals surface area contributed by atoms with Crippen LogP contribution in [0.4, 0.5) is 0 Å². The van der Waals surface area contributed by atoms with Gasteiger partial charge in [-0.05, 0) is 0 Å². The molecule has 0 aliphatic carbocycles. The molecular weight excluding hydrogens is 431 g/mol. The van der Waals surface area contributed by atoms with Crippen molar-refractivity contribution in [3.05, 3.63) is 0 Å². The van der Waals surface area contributed by atoms with Gasteiger partial charge < -0.3 is 27.3 Å². The number of rotatable bonds is 0. The van der Waals surface area contributed by atoms with E-state index in [4.69, 9.17) is 52.6 Å². The standard InChI is InChI=1S/Ca.2K.Mg.3H2O4S/c;;;;3*1-5(2,3)4/h;;;;3*(H2,1,2,3,4)/q+2;2*+1;+2;;;/p-6. The first-order valence-electron chi connectivity index (χ1n) is 2.00. The van der Waals surface area contributed by atoms with Crippen LogP contribution in [0.5, 0.6) is 0 Å². The zero-order valence-electron chi connectivity index (χ0n) is 9.54. The Hall–Kier alpha value is 4.91. The third-order valence-corrected chi connectivity index (χ3v) is 0. The van der Waals surface area contributed by atoms with Crippen LogP contribution >= 0.6 is 0 Å². The molecule has 19 heavy (non-hydrogen) atoms. The van der Waals surface area contributed by atoms with Gasteiger partial charge in [0.1, 0.15) is 0 Å². The minimum absolute atomic E-state index is 0. The Morgan fingerprint density at radius 1 is 0.474 bits per heavy atom. The summed E-state index contributed by atoms with van der Waals surface area (Å²) in [4.78, 5) is 0. The summed E-state index contributed by atoms with van der Waals surface area (Å²) in [7, 11) is -15.5. The topological polar surface area (TPSA) is 241 Å². The fourth-order valence-corrected chi connectivity index (χ4v) is 0. The van der Waals surface area contributed by atoms with E-state index in [2.05, 4.69) is 0 Å². The summed E-state index contributed by atoms with van der Waals surface area (Å²) in [6, 6.07) is 0. The van der Waals surface area contributed by atoms with Crippen LogP contribution < -0.4 is 103 Å². The monoisotopic (exact) mass is 430 g/mol. The van der Waals surface area contributed by atoms with Crippen molar-refractivity contribution >= 4 is 92.0 Å². The molecule has 0 aliphatic rings. The van der Waals surface area contributed by atoms with E-state index in [0.29, 0.717) is 0 Å². The molecule has 0 saturated heterocycles. The zero-order valence-corrected chi connectivity index (χ0v) is 21.9. The fourth-order valence-electron chi connectivity index (χ4n) is 0. The molecule has 0 fully saturated rings. The van der Waals surface area contributed by atoms with Crippen molar-refractivity contribution in [2.75, 3.05) is 0 Å². The summed E-state index contributed by atoms with van der Waals surface area (Å²) in [5.74, 6) is 0. The first-order chi connectivity index (χ1) is 6.00. The minimum Gasteiger partial charge on any atom is -0.759 e. The molecule has 0 unspecified atom stereocenters. The van der Waals surface area contributed by atoms with E-state index in [1.807, 2.05) is 0 Å². The van der Waals surface area contributed by atoms with E-state index in [9.17, 15) is 0 Å². The molecule has 0 aromatic heterocycles. The molecule has 0 radical (unpaired) electrons. The fraction of sp³-hybridized carbons (Fsp3) is 0. The van der Waals surface area contributed by atoms with Gasteiger partial charge in [0, 0.05) is 31.2 Å². The molecule has 0 aromatic rings. The van der Waals surface area contributed by atoms with Gasteiger partial charge >= 0.3 is 164 Å². The van der Waals surface area contributed by atoms with E-state index >= 15 is 0 Å². The molecule has 0 rings (SSSR count). The van der Waals surface area contributed by atoms with Crippen molar-refractivity contribution < 1.29 is 155 Å². The maximum atomic E-state index is 8.52. The molecule has 0 saturated carbocycles. The predicted octanol–water partition coefficient (Wildman–Crippen LogP) is -10.8. The largest absolute Gasteiger partial charge is 2.00 e. The summed E-state index contributed by atoms with van der Waals surface area (Å²) in [5.41, 5.74) is 0. The molecule has 0 spiro atoms. The van der Waals surface area contributed by atoms with Crippen LogP contribution in [0.1, 0.15) is 0 Å². The van der Waals surface area contributed by atoms with Gasteiger partial charge in [0.25, 0.3) is 0 Å². The van der Waals surface area contributed by atoms with Gasteiger partial charge in [-0.15, -0.1) is 0 Å². The SMILES string of the molecule is O=S(=O)([O-])[O-].O=S(=O)([O-])[O-].O=S(=O)([O-])[O-].[Ca+2].[K+].[K+].[Mg+2]. The summed E-state index contributed by atoms with van der Waals surface area (Å²) in [5, 5.41) is 0. The van der Waals surface area contributed by atoms with Crippen LogP contribution in [0, 0.1) is 0 Å². The van der Waals surface area contributed by atoms with Crippen LogP contribution in [0.3, 0.4) is 0 Å². The van der Waals surface area contributed by atoms with Gasteiger partial charge in [-0.25, -0.2) is 0 Å². The molecule has 19 heteroatoms. The first kappa shape index (κ1) is 43.9. The molecule has 0 amide bonds. The number of hydrogen-bond acceptors (Lipinski definition) is 12. The first-order valence-corrected chi connectivity index (χ1v) is 6.00.